The summed E-state index contributed by atoms with van der Waals surface area (Å²) < 4.78 is 0. The Morgan fingerprint density at radius 3 is 2.58 bits per heavy atom. The molecule has 0 saturated carbocycles. The molecule has 1 aromatic carbocycles. The van der Waals surface area contributed by atoms with Gasteiger partial charge in [0.25, 0.3) is 0 Å². The van der Waals surface area contributed by atoms with Gasteiger partial charge in [0, 0.05) is 37.6 Å². The molecule has 4 heteroatoms. The lowest BCUT2D eigenvalue weighted by atomic mass is 9.92. The summed E-state index contributed by atoms with van der Waals surface area (Å²) in [6.45, 7) is 7.81. The molecule has 24 heavy (non-hydrogen) atoms. The molecule has 0 amide bonds. The quantitative estimate of drug-likeness (QED) is 0.920. The van der Waals surface area contributed by atoms with Crippen molar-refractivity contribution in [3.8, 4) is 0 Å². The lowest BCUT2D eigenvalue weighted by Gasteiger charge is -2.33. The second-order valence-corrected chi connectivity index (χ2v) is 7.56. The molecule has 0 spiro atoms. The summed E-state index contributed by atoms with van der Waals surface area (Å²) in [5, 5.41) is 4.93. The topological polar surface area (TPSA) is 31.4 Å². The first-order valence-corrected chi connectivity index (χ1v) is 9.26. The third-order valence-electron chi connectivity index (χ3n) is 5.59. The minimum Gasteiger partial charge on any atom is -0.354 e. The molecule has 128 valence electrons. The third kappa shape index (κ3) is 3.26. The van der Waals surface area contributed by atoms with Crippen LogP contribution in [-0.2, 0) is 0 Å². The van der Waals surface area contributed by atoms with Crippen LogP contribution in [0.25, 0.3) is 10.9 Å². The molecule has 2 atom stereocenters. The lowest BCUT2D eigenvalue weighted by Crippen LogP contribution is -2.44. The van der Waals surface area contributed by atoms with Crippen molar-refractivity contribution in [1.29, 1.82) is 0 Å². The summed E-state index contributed by atoms with van der Waals surface area (Å²) in [5.74, 6) is 1.92. The van der Waals surface area contributed by atoms with Crippen LogP contribution in [0.3, 0.4) is 0 Å². The van der Waals surface area contributed by atoms with E-state index in [0.29, 0.717) is 6.04 Å². The Morgan fingerprint density at radius 1 is 1.04 bits per heavy atom. The molecular weight excluding hydrogens is 296 g/mol. The number of aromatic nitrogens is 1. The molecule has 0 aliphatic carbocycles. The van der Waals surface area contributed by atoms with Crippen molar-refractivity contribution in [3.63, 3.8) is 0 Å². The van der Waals surface area contributed by atoms with Gasteiger partial charge in [-0.2, -0.15) is 0 Å². The minimum absolute atomic E-state index is 0.486. The number of likely N-dealkylation sites (N-methyl/N-ethyl adjacent to an activating group) is 1. The van der Waals surface area contributed by atoms with E-state index in [9.17, 15) is 0 Å². The number of nitrogens with zero attached hydrogens (tertiary/aromatic N) is 3. The first-order chi connectivity index (χ1) is 11.7. The second-order valence-electron chi connectivity index (χ2n) is 7.56. The zero-order valence-corrected chi connectivity index (χ0v) is 14.8. The second kappa shape index (κ2) is 6.69. The molecule has 1 N–H and O–H groups in total. The first kappa shape index (κ1) is 15.9. The highest BCUT2D eigenvalue weighted by molar-refractivity contribution is 5.81. The third-order valence-corrected chi connectivity index (χ3v) is 5.59. The Bertz CT molecular complexity index is 641. The Balaban J connectivity index is 1.58. The highest BCUT2D eigenvalue weighted by atomic mass is 15.3. The van der Waals surface area contributed by atoms with Gasteiger partial charge < -0.3 is 15.1 Å². The number of pyridine rings is 1. The van der Waals surface area contributed by atoms with Crippen LogP contribution in [0, 0.1) is 5.92 Å². The molecule has 2 aliphatic rings. The fourth-order valence-electron chi connectivity index (χ4n) is 3.84. The van der Waals surface area contributed by atoms with Crippen LogP contribution in [0.2, 0.25) is 0 Å². The molecule has 3 heterocycles. The number of piperazine rings is 1. The van der Waals surface area contributed by atoms with E-state index in [1.54, 1.807) is 0 Å². The zero-order valence-electron chi connectivity index (χ0n) is 14.8. The van der Waals surface area contributed by atoms with Gasteiger partial charge in [0.15, 0.2) is 0 Å². The summed E-state index contributed by atoms with van der Waals surface area (Å²) >= 11 is 0. The van der Waals surface area contributed by atoms with E-state index < -0.39 is 0 Å². The number of anilines is 1. The van der Waals surface area contributed by atoms with Gasteiger partial charge in [-0.1, -0.05) is 19.1 Å². The molecule has 2 aliphatic heterocycles. The van der Waals surface area contributed by atoms with E-state index >= 15 is 0 Å². The van der Waals surface area contributed by atoms with Crippen LogP contribution in [0.15, 0.2) is 30.3 Å². The largest absolute Gasteiger partial charge is 0.354 e. The SMILES string of the molecule is C[C@H]1CC[C@H](c2ccc3ccc(N4CCN(C)CC4)nc3c2)NC1. The van der Waals surface area contributed by atoms with Crippen LogP contribution < -0.4 is 10.2 Å². The van der Waals surface area contributed by atoms with Crippen LogP contribution in [0.5, 0.6) is 0 Å². The number of hydrogen-bond donors (Lipinski definition) is 1. The fraction of sp³-hybridized carbons (Fsp3) is 0.550. The smallest absolute Gasteiger partial charge is 0.129 e. The van der Waals surface area contributed by atoms with Gasteiger partial charge >= 0.3 is 0 Å². The molecular formula is C20H28N4. The van der Waals surface area contributed by atoms with E-state index in [0.717, 1.165) is 50.0 Å². The lowest BCUT2D eigenvalue weighted by molar-refractivity contribution is 0.312. The predicted octanol–water partition coefficient (Wildman–Crippen LogP) is 3.05. The van der Waals surface area contributed by atoms with Crippen molar-refractivity contribution in [2.75, 3.05) is 44.7 Å². The number of piperidine rings is 1. The molecule has 1 aromatic heterocycles. The first-order valence-electron chi connectivity index (χ1n) is 9.26. The summed E-state index contributed by atoms with van der Waals surface area (Å²) in [4.78, 5) is 9.76. The molecule has 4 nitrogen and oxygen atoms in total. The average molecular weight is 324 g/mol. The maximum atomic E-state index is 4.97. The van der Waals surface area contributed by atoms with Gasteiger partial charge in [0.2, 0.25) is 0 Å². The summed E-state index contributed by atoms with van der Waals surface area (Å²) in [6, 6.07) is 11.7. The standard InChI is InChI=1S/C20H28N4/c1-15-3-7-18(21-14-15)17-5-4-16-6-8-20(22-19(16)13-17)24-11-9-23(2)10-12-24/h4-6,8,13,15,18,21H,3,7,9-12,14H2,1-2H3/t15-,18+/m0/s1. The monoisotopic (exact) mass is 324 g/mol. The normalized spacial score (nSPS) is 26.0. The summed E-state index contributed by atoms with van der Waals surface area (Å²) in [5.41, 5.74) is 2.52. The van der Waals surface area contributed by atoms with Crippen molar-refractivity contribution in [2.24, 2.45) is 5.92 Å². The van der Waals surface area contributed by atoms with Crippen molar-refractivity contribution in [2.45, 2.75) is 25.8 Å². The molecule has 2 fully saturated rings. The summed E-state index contributed by atoms with van der Waals surface area (Å²) in [6.07, 6.45) is 2.54. The van der Waals surface area contributed by atoms with Crippen LogP contribution in [0.1, 0.15) is 31.4 Å². The minimum atomic E-state index is 0.486. The van der Waals surface area contributed by atoms with Crippen molar-refractivity contribution < 1.29 is 0 Å². The molecule has 0 radical (unpaired) electrons. The highest BCUT2D eigenvalue weighted by Gasteiger charge is 2.20. The van der Waals surface area contributed by atoms with E-state index in [1.807, 2.05) is 0 Å². The fourth-order valence-corrected chi connectivity index (χ4v) is 3.84. The summed E-state index contributed by atoms with van der Waals surface area (Å²) in [7, 11) is 2.19. The highest BCUT2D eigenvalue weighted by Crippen LogP contribution is 2.28. The van der Waals surface area contributed by atoms with Crippen LogP contribution in [0.4, 0.5) is 5.82 Å². The number of benzene rings is 1. The maximum Gasteiger partial charge on any atom is 0.129 e. The van der Waals surface area contributed by atoms with Gasteiger partial charge in [-0.05, 0) is 56.1 Å². The molecule has 4 rings (SSSR count). The molecule has 2 saturated heterocycles. The Morgan fingerprint density at radius 2 is 1.83 bits per heavy atom. The Hall–Kier alpha value is -1.65. The number of hydrogen-bond acceptors (Lipinski definition) is 4. The Labute approximate surface area is 144 Å². The van der Waals surface area contributed by atoms with Crippen molar-refractivity contribution >= 4 is 16.7 Å². The number of rotatable bonds is 2. The zero-order chi connectivity index (χ0) is 16.5. The van der Waals surface area contributed by atoms with E-state index in [4.69, 9.17) is 4.98 Å². The van der Waals surface area contributed by atoms with E-state index in [2.05, 4.69) is 59.4 Å². The van der Waals surface area contributed by atoms with E-state index in [-0.39, 0.29) is 0 Å². The van der Waals surface area contributed by atoms with Gasteiger partial charge in [0.1, 0.15) is 5.82 Å². The van der Waals surface area contributed by atoms with Gasteiger partial charge in [-0.3, -0.25) is 0 Å². The maximum absolute atomic E-state index is 4.97. The average Bonchev–Trinajstić information content (AvgIpc) is 2.62. The molecule has 0 unspecified atom stereocenters. The van der Waals surface area contributed by atoms with Gasteiger partial charge in [-0.25, -0.2) is 4.98 Å². The van der Waals surface area contributed by atoms with Gasteiger partial charge in [0.05, 0.1) is 5.52 Å². The predicted molar refractivity (Wildman–Crippen MR) is 101 cm³/mol. The van der Waals surface area contributed by atoms with Crippen LogP contribution >= 0.6 is 0 Å². The molecule has 0 bridgehead atoms. The van der Waals surface area contributed by atoms with Gasteiger partial charge in [-0.15, -0.1) is 0 Å². The molecule has 2 aromatic rings. The van der Waals surface area contributed by atoms with Crippen molar-refractivity contribution in [3.05, 3.63) is 35.9 Å². The number of nitrogens with one attached hydrogen (secondary N) is 1. The van der Waals surface area contributed by atoms with E-state index in [1.165, 1.54) is 23.8 Å². The van der Waals surface area contributed by atoms with Crippen molar-refractivity contribution in [1.82, 2.24) is 15.2 Å². The number of fused-ring (bicyclic) bond motifs is 1. The Kier molecular flexibility index (Phi) is 4.42. The van der Waals surface area contributed by atoms with Crippen LogP contribution in [-0.4, -0.2) is 49.7 Å².